The van der Waals surface area contributed by atoms with E-state index in [1.165, 1.54) is 0 Å². The van der Waals surface area contributed by atoms with E-state index in [1.807, 2.05) is 66.0 Å². The van der Waals surface area contributed by atoms with Gasteiger partial charge < -0.3 is 15.4 Å². The first-order valence-corrected chi connectivity index (χ1v) is 9.87. The van der Waals surface area contributed by atoms with E-state index in [0.29, 0.717) is 5.75 Å². The van der Waals surface area contributed by atoms with E-state index in [2.05, 4.69) is 10.6 Å². The van der Waals surface area contributed by atoms with Crippen molar-refractivity contribution in [1.82, 2.24) is 10.6 Å². The molecule has 1 heterocycles. The van der Waals surface area contributed by atoms with Gasteiger partial charge in [0.05, 0.1) is 6.04 Å². The van der Waals surface area contributed by atoms with Gasteiger partial charge in [-0.15, -0.1) is 11.3 Å². The monoisotopic (exact) mass is 394 g/mol. The number of nitrogens with one attached hydrogen (secondary N) is 2. The van der Waals surface area contributed by atoms with E-state index in [-0.39, 0.29) is 24.5 Å². The maximum absolute atomic E-state index is 12.7. The lowest BCUT2D eigenvalue weighted by Crippen LogP contribution is -2.47. The zero-order valence-electron chi connectivity index (χ0n) is 15.5. The molecule has 1 aromatic heterocycles. The summed E-state index contributed by atoms with van der Waals surface area (Å²) in [5.41, 5.74) is 0.990. The fraction of sp³-hybridized carbons (Fsp3) is 0.182. The molecule has 144 valence electrons. The second-order valence-electron chi connectivity index (χ2n) is 6.26. The average molecular weight is 394 g/mol. The standard InChI is InChI=1S/C22H22N2O3S/c1-16(23-20(25)15-27-18-11-6-3-7-12-18)22(26)24-21(19-13-8-14-28-19)17-9-4-2-5-10-17/h2-14,16,21H,15H2,1H3,(H,23,25)(H,24,26). The summed E-state index contributed by atoms with van der Waals surface area (Å²) in [6.45, 7) is 1.51. The van der Waals surface area contributed by atoms with Crippen LogP contribution >= 0.6 is 11.3 Å². The molecule has 2 amide bonds. The Balaban J connectivity index is 1.58. The first kappa shape index (κ1) is 19.6. The van der Waals surface area contributed by atoms with Gasteiger partial charge in [0.15, 0.2) is 6.61 Å². The van der Waals surface area contributed by atoms with Crippen LogP contribution in [0.2, 0.25) is 0 Å². The fourth-order valence-corrected chi connectivity index (χ4v) is 3.50. The Morgan fingerprint density at radius 2 is 1.61 bits per heavy atom. The second-order valence-corrected chi connectivity index (χ2v) is 7.24. The summed E-state index contributed by atoms with van der Waals surface area (Å²) in [4.78, 5) is 25.8. The molecule has 0 saturated carbocycles. The Bertz CT molecular complexity index is 883. The number of ether oxygens (including phenoxy) is 1. The van der Waals surface area contributed by atoms with Crippen molar-refractivity contribution in [3.05, 3.63) is 88.6 Å². The molecule has 28 heavy (non-hydrogen) atoms. The third-order valence-corrected chi connectivity index (χ3v) is 5.07. The van der Waals surface area contributed by atoms with Gasteiger partial charge in [0.1, 0.15) is 11.8 Å². The summed E-state index contributed by atoms with van der Waals surface area (Å²) in [5.74, 6) is 0.00536. The van der Waals surface area contributed by atoms with Crippen LogP contribution in [0.15, 0.2) is 78.2 Å². The molecule has 3 aromatic rings. The Kier molecular flexibility index (Phi) is 6.81. The third kappa shape index (κ3) is 5.44. The van der Waals surface area contributed by atoms with E-state index in [4.69, 9.17) is 4.74 Å². The van der Waals surface area contributed by atoms with Crippen LogP contribution in [0.25, 0.3) is 0 Å². The summed E-state index contributed by atoms with van der Waals surface area (Å²) in [7, 11) is 0. The van der Waals surface area contributed by atoms with Crippen LogP contribution in [0.1, 0.15) is 23.4 Å². The van der Waals surface area contributed by atoms with Gasteiger partial charge >= 0.3 is 0 Å². The summed E-state index contributed by atoms with van der Waals surface area (Å²) in [5, 5.41) is 7.69. The molecule has 2 N–H and O–H groups in total. The molecule has 2 unspecified atom stereocenters. The molecule has 0 saturated heterocycles. The van der Waals surface area contributed by atoms with Crippen molar-refractivity contribution in [2.75, 3.05) is 6.61 Å². The minimum absolute atomic E-state index is 0.144. The van der Waals surface area contributed by atoms with Crippen molar-refractivity contribution in [3.8, 4) is 5.75 Å². The molecule has 0 aliphatic carbocycles. The van der Waals surface area contributed by atoms with Crippen molar-refractivity contribution in [3.63, 3.8) is 0 Å². The number of thiophene rings is 1. The van der Waals surface area contributed by atoms with Gasteiger partial charge in [-0.05, 0) is 36.1 Å². The van der Waals surface area contributed by atoms with Crippen molar-refractivity contribution in [2.45, 2.75) is 19.0 Å². The molecule has 2 atom stereocenters. The molecule has 0 aliphatic heterocycles. The van der Waals surface area contributed by atoms with Crippen LogP contribution in [0.5, 0.6) is 5.75 Å². The van der Waals surface area contributed by atoms with Gasteiger partial charge in [0.2, 0.25) is 5.91 Å². The molecule has 6 heteroatoms. The highest BCUT2D eigenvalue weighted by molar-refractivity contribution is 7.10. The maximum Gasteiger partial charge on any atom is 0.258 e. The largest absolute Gasteiger partial charge is 0.484 e. The zero-order chi connectivity index (χ0) is 19.8. The maximum atomic E-state index is 12.7. The summed E-state index contributed by atoms with van der Waals surface area (Å²) >= 11 is 1.58. The summed E-state index contributed by atoms with van der Waals surface area (Å²) < 4.78 is 5.42. The summed E-state index contributed by atoms with van der Waals surface area (Å²) in [6, 6.07) is 21.8. The molecule has 0 aliphatic rings. The smallest absolute Gasteiger partial charge is 0.258 e. The molecule has 0 radical (unpaired) electrons. The summed E-state index contributed by atoms with van der Waals surface area (Å²) in [6.07, 6.45) is 0. The Hall–Kier alpha value is -3.12. The molecule has 0 fully saturated rings. The normalized spacial score (nSPS) is 12.6. The minimum atomic E-state index is -0.682. The Labute approximate surface area is 168 Å². The quantitative estimate of drug-likeness (QED) is 0.614. The van der Waals surface area contributed by atoms with Gasteiger partial charge in [-0.3, -0.25) is 9.59 Å². The van der Waals surface area contributed by atoms with E-state index >= 15 is 0 Å². The molecular weight excluding hydrogens is 372 g/mol. The van der Waals surface area contributed by atoms with Crippen LogP contribution in [-0.2, 0) is 9.59 Å². The van der Waals surface area contributed by atoms with Crippen molar-refractivity contribution < 1.29 is 14.3 Å². The second kappa shape index (κ2) is 9.71. The van der Waals surface area contributed by atoms with Crippen molar-refractivity contribution in [2.24, 2.45) is 0 Å². The van der Waals surface area contributed by atoms with E-state index in [1.54, 1.807) is 30.4 Å². The van der Waals surface area contributed by atoms with Gasteiger partial charge in [-0.2, -0.15) is 0 Å². The van der Waals surface area contributed by atoms with Gasteiger partial charge in [0.25, 0.3) is 5.91 Å². The SMILES string of the molecule is CC(NC(=O)COc1ccccc1)C(=O)NC(c1ccccc1)c1cccs1. The zero-order valence-corrected chi connectivity index (χ0v) is 16.3. The number of amides is 2. The Morgan fingerprint density at radius 3 is 2.25 bits per heavy atom. The number of carbonyl (C=O) groups excluding carboxylic acids is 2. The number of rotatable bonds is 8. The molecule has 3 rings (SSSR count). The molecule has 2 aromatic carbocycles. The first-order valence-electron chi connectivity index (χ1n) is 8.99. The van der Waals surface area contributed by atoms with Crippen LogP contribution in [0.4, 0.5) is 0 Å². The van der Waals surface area contributed by atoms with E-state index < -0.39 is 6.04 Å². The van der Waals surface area contributed by atoms with Gasteiger partial charge in [-0.1, -0.05) is 54.6 Å². The van der Waals surface area contributed by atoms with Gasteiger partial charge in [0, 0.05) is 4.88 Å². The predicted octanol–water partition coefficient (Wildman–Crippen LogP) is 3.54. The predicted molar refractivity (Wildman–Crippen MR) is 110 cm³/mol. The highest BCUT2D eigenvalue weighted by Crippen LogP contribution is 2.25. The van der Waals surface area contributed by atoms with Crippen LogP contribution < -0.4 is 15.4 Å². The molecule has 0 spiro atoms. The van der Waals surface area contributed by atoms with Crippen molar-refractivity contribution in [1.29, 1.82) is 0 Å². The average Bonchev–Trinajstić information content (AvgIpc) is 3.26. The lowest BCUT2D eigenvalue weighted by Gasteiger charge is -2.21. The number of hydrogen-bond donors (Lipinski definition) is 2. The number of benzene rings is 2. The number of para-hydroxylation sites is 1. The highest BCUT2D eigenvalue weighted by Gasteiger charge is 2.22. The minimum Gasteiger partial charge on any atom is -0.484 e. The van der Waals surface area contributed by atoms with Crippen LogP contribution in [0.3, 0.4) is 0 Å². The number of carbonyl (C=O) groups is 2. The molecule has 5 nitrogen and oxygen atoms in total. The fourth-order valence-electron chi connectivity index (χ4n) is 2.70. The number of hydrogen-bond acceptors (Lipinski definition) is 4. The van der Waals surface area contributed by atoms with Gasteiger partial charge in [-0.25, -0.2) is 0 Å². The molecular formula is C22H22N2O3S. The Morgan fingerprint density at radius 1 is 0.929 bits per heavy atom. The lowest BCUT2D eigenvalue weighted by molar-refractivity contribution is -0.129. The van der Waals surface area contributed by atoms with Crippen molar-refractivity contribution >= 4 is 23.2 Å². The highest BCUT2D eigenvalue weighted by atomic mass is 32.1. The first-order chi connectivity index (χ1) is 13.6. The topological polar surface area (TPSA) is 67.4 Å². The van der Waals surface area contributed by atoms with E-state index in [9.17, 15) is 9.59 Å². The third-order valence-electron chi connectivity index (χ3n) is 4.13. The van der Waals surface area contributed by atoms with Crippen LogP contribution in [-0.4, -0.2) is 24.5 Å². The molecule has 0 bridgehead atoms. The van der Waals surface area contributed by atoms with Crippen LogP contribution in [0, 0.1) is 0 Å². The lowest BCUT2D eigenvalue weighted by atomic mass is 10.0. The van der Waals surface area contributed by atoms with E-state index in [0.717, 1.165) is 10.4 Å².